The van der Waals surface area contributed by atoms with Crippen molar-refractivity contribution < 1.29 is 22.5 Å². The number of halogens is 3. The Morgan fingerprint density at radius 2 is 2.05 bits per heavy atom. The van der Waals surface area contributed by atoms with Crippen molar-refractivity contribution in [1.29, 1.82) is 0 Å². The van der Waals surface area contributed by atoms with Crippen molar-refractivity contribution in [3.05, 3.63) is 11.7 Å². The first-order valence-electron chi connectivity index (χ1n) is 6.18. The Hall–Kier alpha value is -1.60. The van der Waals surface area contributed by atoms with Crippen LogP contribution in [0.2, 0.25) is 0 Å². The van der Waals surface area contributed by atoms with Crippen LogP contribution in [-0.4, -0.2) is 33.7 Å². The first kappa shape index (κ1) is 12.4. The van der Waals surface area contributed by atoms with Crippen molar-refractivity contribution in [1.82, 2.24) is 15.0 Å². The zero-order chi connectivity index (χ0) is 13.6. The third kappa shape index (κ3) is 2.31. The molecule has 2 aliphatic rings. The van der Waals surface area contributed by atoms with Gasteiger partial charge in [-0.15, -0.1) is 0 Å². The van der Waals surface area contributed by atoms with Crippen molar-refractivity contribution in [3.63, 3.8) is 0 Å². The number of hydrogen-bond donors (Lipinski definition) is 0. The molecule has 1 unspecified atom stereocenters. The summed E-state index contributed by atoms with van der Waals surface area (Å²) < 4.78 is 42.4. The zero-order valence-electron chi connectivity index (χ0n) is 9.98. The van der Waals surface area contributed by atoms with E-state index < -0.39 is 18.1 Å². The van der Waals surface area contributed by atoms with E-state index in [1.807, 2.05) is 0 Å². The maximum absolute atomic E-state index is 12.5. The van der Waals surface area contributed by atoms with Crippen molar-refractivity contribution in [2.45, 2.75) is 43.8 Å². The Kier molecular flexibility index (Phi) is 2.75. The number of amides is 1. The second-order valence-electron chi connectivity index (χ2n) is 4.92. The minimum atomic E-state index is -4.86. The van der Waals surface area contributed by atoms with Crippen LogP contribution in [0.15, 0.2) is 4.52 Å². The maximum Gasteiger partial charge on any atom is 0.471 e. The number of carbonyl (C=O) groups excluding carboxylic acids is 1. The largest absolute Gasteiger partial charge is 0.471 e. The number of aromatic nitrogens is 2. The van der Waals surface area contributed by atoms with Gasteiger partial charge in [0.15, 0.2) is 5.82 Å². The van der Waals surface area contributed by atoms with Crippen molar-refractivity contribution in [3.8, 4) is 0 Å². The van der Waals surface area contributed by atoms with Crippen LogP contribution in [0.1, 0.15) is 49.4 Å². The minimum Gasteiger partial charge on any atom is -0.337 e. The van der Waals surface area contributed by atoms with Gasteiger partial charge in [0, 0.05) is 12.5 Å². The summed E-state index contributed by atoms with van der Waals surface area (Å²) in [5.74, 6) is -0.898. The molecule has 104 valence electrons. The third-order valence-corrected chi connectivity index (χ3v) is 3.44. The molecule has 1 amide bonds. The van der Waals surface area contributed by atoms with E-state index in [1.165, 1.54) is 0 Å². The summed E-state index contributed by atoms with van der Waals surface area (Å²) >= 11 is 0. The van der Waals surface area contributed by atoms with Crippen molar-refractivity contribution in [2.75, 3.05) is 6.54 Å². The number of likely N-dealkylation sites (tertiary alicyclic amines) is 1. The van der Waals surface area contributed by atoms with Gasteiger partial charge in [0.2, 0.25) is 5.89 Å². The molecule has 8 heteroatoms. The van der Waals surface area contributed by atoms with Gasteiger partial charge in [-0.1, -0.05) is 5.16 Å². The van der Waals surface area contributed by atoms with Gasteiger partial charge in [0.05, 0.1) is 0 Å². The van der Waals surface area contributed by atoms with Gasteiger partial charge in [0.25, 0.3) is 0 Å². The maximum atomic E-state index is 12.5. The topological polar surface area (TPSA) is 59.2 Å². The zero-order valence-corrected chi connectivity index (χ0v) is 9.98. The SMILES string of the molecule is O=C(N1CCCC1c1nc(C2CC2)no1)C(F)(F)F. The quantitative estimate of drug-likeness (QED) is 0.830. The van der Waals surface area contributed by atoms with Gasteiger partial charge in [-0.05, 0) is 25.7 Å². The fraction of sp³-hybridized carbons (Fsp3) is 0.727. The number of carbonyl (C=O) groups is 1. The number of hydrogen-bond acceptors (Lipinski definition) is 4. The lowest BCUT2D eigenvalue weighted by Crippen LogP contribution is -2.40. The summed E-state index contributed by atoms with van der Waals surface area (Å²) in [6.07, 6.45) is -1.96. The summed E-state index contributed by atoms with van der Waals surface area (Å²) in [6.45, 7) is 0.0736. The Bertz CT molecular complexity index is 496. The molecule has 1 aliphatic carbocycles. The smallest absolute Gasteiger partial charge is 0.337 e. The molecule has 1 aromatic rings. The molecule has 2 heterocycles. The van der Waals surface area contributed by atoms with E-state index in [2.05, 4.69) is 10.1 Å². The Morgan fingerprint density at radius 1 is 1.32 bits per heavy atom. The van der Waals surface area contributed by atoms with Gasteiger partial charge >= 0.3 is 12.1 Å². The van der Waals surface area contributed by atoms with E-state index in [0.29, 0.717) is 18.7 Å². The molecule has 1 atom stereocenters. The van der Waals surface area contributed by atoms with Crippen molar-refractivity contribution in [2.24, 2.45) is 0 Å². The van der Waals surface area contributed by atoms with Gasteiger partial charge in [-0.2, -0.15) is 18.2 Å². The highest BCUT2D eigenvalue weighted by molar-refractivity contribution is 5.82. The predicted octanol–water partition coefficient (Wildman–Crippen LogP) is 2.17. The second kappa shape index (κ2) is 4.21. The molecule has 19 heavy (non-hydrogen) atoms. The Labute approximate surface area is 106 Å². The molecule has 0 radical (unpaired) electrons. The van der Waals surface area contributed by atoms with Crippen LogP contribution in [0.3, 0.4) is 0 Å². The average Bonchev–Trinajstić information content (AvgIpc) is 2.91. The second-order valence-corrected chi connectivity index (χ2v) is 4.92. The summed E-state index contributed by atoms with van der Waals surface area (Å²) in [5.41, 5.74) is 0. The molecular formula is C11H12F3N3O2. The number of alkyl halides is 3. The van der Waals surface area contributed by atoms with Gasteiger partial charge < -0.3 is 9.42 Å². The van der Waals surface area contributed by atoms with E-state index in [1.54, 1.807) is 0 Å². The minimum absolute atomic E-state index is 0.0736. The molecule has 1 saturated heterocycles. The monoisotopic (exact) mass is 275 g/mol. The number of rotatable bonds is 2. The van der Waals surface area contributed by atoms with E-state index >= 15 is 0 Å². The lowest BCUT2D eigenvalue weighted by atomic mass is 10.2. The molecule has 5 nitrogen and oxygen atoms in total. The molecule has 1 saturated carbocycles. The van der Waals surface area contributed by atoms with Gasteiger partial charge in [-0.25, -0.2) is 0 Å². The highest BCUT2D eigenvalue weighted by Crippen LogP contribution is 2.40. The standard InChI is InChI=1S/C11H12F3N3O2/c12-11(13,14)10(18)17-5-1-2-7(17)9-15-8(16-19-9)6-3-4-6/h6-7H,1-5H2. The van der Waals surface area contributed by atoms with Crippen molar-refractivity contribution >= 4 is 5.91 Å². The predicted molar refractivity (Wildman–Crippen MR) is 56.0 cm³/mol. The summed E-state index contributed by atoms with van der Waals surface area (Å²) in [5, 5.41) is 3.77. The molecule has 2 fully saturated rings. The third-order valence-electron chi connectivity index (χ3n) is 3.44. The molecule has 1 aliphatic heterocycles. The highest BCUT2D eigenvalue weighted by atomic mass is 19.4. The van der Waals surface area contributed by atoms with Gasteiger partial charge in [-0.3, -0.25) is 4.79 Å². The number of nitrogens with zero attached hydrogens (tertiary/aromatic N) is 3. The molecule has 0 spiro atoms. The highest BCUT2D eigenvalue weighted by Gasteiger charge is 2.47. The fourth-order valence-corrected chi connectivity index (χ4v) is 2.32. The lowest BCUT2D eigenvalue weighted by molar-refractivity contribution is -0.186. The van der Waals surface area contributed by atoms with Crippen LogP contribution in [0.4, 0.5) is 13.2 Å². The van der Waals surface area contributed by atoms with E-state index in [-0.39, 0.29) is 18.4 Å². The summed E-state index contributed by atoms with van der Waals surface area (Å²) in [6, 6.07) is -0.742. The molecule has 3 rings (SSSR count). The van der Waals surface area contributed by atoms with Crippen LogP contribution in [0.5, 0.6) is 0 Å². The average molecular weight is 275 g/mol. The first-order chi connectivity index (χ1) is 8.97. The Balaban J connectivity index is 1.80. The van der Waals surface area contributed by atoms with Crippen LogP contribution in [0.25, 0.3) is 0 Å². The molecule has 0 aromatic carbocycles. The van der Waals surface area contributed by atoms with E-state index in [0.717, 1.165) is 17.7 Å². The van der Waals surface area contributed by atoms with E-state index in [4.69, 9.17) is 4.52 Å². The van der Waals surface area contributed by atoms with Crippen LogP contribution in [0, 0.1) is 0 Å². The normalized spacial score (nSPS) is 23.9. The molecule has 0 bridgehead atoms. The molecule has 0 N–H and O–H groups in total. The molecule has 1 aromatic heterocycles. The summed E-state index contributed by atoms with van der Waals surface area (Å²) in [7, 11) is 0. The lowest BCUT2D eigenvalue weighted by Gasteiger charge is -2.22. The van der Waals surface area contributed by atoms with Crippen LogP contribution >= 0.6 is 0 Å². The summed E-state index contributed by atoms with van der Waals surface area (Å²) in [4.78, 5) is 16.2. The fourth-order valence-electron chi connectivity index (χ4n) is 2.32. The first-order valence-corrected chi connectivity index (χ1v) is 6.18. The van der Waals surface area contributed by atoms with Crippen LogP contribution < -0.4 is 0 Å². The molecular weight excluding hydrogens is 263 g/mol. The van der Waals surface area contributed by atoms with Gasteiger partial charge in [0.1, 0.15) is 6.04 Å². The van der Waals surface area contributed by atoms with Crippen LogP contribution in [-0.2, 0) is 4.79 Å². The Morgan fingerprint density at radius 3 is 2.68 bits per heavy atom. The van der Waals surface area contributed by atoms with E-state index in [9.17, 15) is 18.0 Å².